The lowest BCUT2D eigenvalue weighted by molar-refractivity contribution is 0.119. The van der Waals surface area contributed by atoms with Gasteiger partial charge in [-0.15, -0.1) is 0 Å². The number of nitrogens with one attached hydrogen (secondary N) is 2. The Kier molecular flexibility index (Phi) is 8.19. The molecule has 2 N–H and O–H groups in total. The van der Waals surface area contributed by atoms with Crippen molar-refractivity contribution in [2.45, 2.75) is 25.9 Å². The van der Waals surface area contributed by atoms with Crippen molar-refractivity contribution in [1.29, 1.82) is 0 Å². The Morgan fingerprint density at radius 2 is 2.04 bits per heavy atom. The van der Waals surface area contributed by atoms with Gasteiger partial charge in [-0.3, -0.25) is 9.89 Å². The van der Waals surface area contributed by atoms with E-state index in [9.17, 15) is 0 Å². The third-order valence-corrected chi connectivity index (χ3v) is 5.04. The fourth-order valence-electron chi connectivity index (χ4n) is 3.28. The molecule has 7 heteroatoms. The van der Waals surface area contributed by atoms with Crippen LogP contribution in [0.4, 0.5) is 0 Å². The number of piperazine rings is 1. The van der Waals surface area contributed by atoms with E-state index in [0.717, 1.165) is 55.7 Å². The first kappa shape index (κ1) is 21.3. The Morgan fingerprint density at radius 3 is 2.70 bits per heavy atom. The van der Waals surface area contributed by atoms with Gasteiger partial charge in [0, 0.05) is 37.8 Å². The maximum atomic E-state index is 5.52. The van der Waals surface area contributed by atoms with Gasteiger partial charge in [-0.05, 0) is 46.1 Å². The normalized spacial score (nSPS) is 20.2. The average Bonchev–Trinajstić information content (AvgIpc) is 2.68. The molecule has 2 rings (SSSR count). The molecule has 1 aromatic rings. The molecule has 7 nitrogen and oxygen atoms in total. The minimum atomic E-state index is 0.0274. The summed E-state index contributed by atoms with van der Waals surface area (Å²) in [6.45, 7) is 8.99. The standard InChI is InChI=1S/C20H35N5O2/c1-7-21-20(22-13-16-14-24(3)10-11-25(16)4)23-15(2)18-12-17(26-5)8-9-19(18)27-6/h8-9,12,15-16H,7,10-11,13-14H2,1-6H3,(H2,21,22,23). The summed E-state index contributed by atoms with van der Waals surface area (Å²) in [6, 6.07) is 6.30. The number of rotatable bonds is 7. The Bertz CT molecular complexity index is 622. The maximum absolute atomic E-state index is 5.52. The predicted molar refractivity (Wildman–Crippen MR) is 111 cm³/mol. The number of nitrogens with zero attached hydrogens (tertiary/aromatic N) is 3. The van der Waals surface area contributed by atoms with Crippen LogP contribution in [-0.4, -0.2) is 82.8 Å². The van der Waals surface area contributed by atoms with Crippen LogP contribution in [0.3, 0.4) is 0 Å². The van der Waals surface area contributed by atoms with Crippen molar-refractivity contribution in [3.63, 3.8) is 0 Å². The lowest BCUT2D eigenvalue weighted by Crippen LogP contribution is -2.51. The fraction of sp³-hybridized carbons (Fsp3) is 0.650. The Labute approximate surface area is 163 Å². The van der Waals surface area contributed by atoms with Crippen LogP contribution in [0, 0.1) is 0 Å². The Hall–Kier alpha value is -1.99. The Morgan fingerprint density at radius 1 is 1.26 bits per heavy atom. The zero-order chi connectivity index (χ0) is 19.8. The van der Waals surface area contributed by atoms with Crippen LogP contribution in [0.15, 0.2) is 23.2 Å². The van der Waals surface area contributed by atoms with Crippen molar-refractivity contribution >= 4 is 5.96 Å². The summed E-state index contributed by atoms with van der Waals surface area (Å²) >= 11 is 0. The molecule has 2 unspecified atom stereocenters. The SMILES string of the molecule is CCNC(=NCC1CN(C)CCN1C)NC(C)c1cc(OC)ccc1OC. The number of hydrogen-bond donors (Lipinski definition) is 2. The summed E-state index contributed by atoms with van der Waals surface area (Å²) < 4.78 is 10.9. The highest BCUT2D eigenvalue weighted by Crippen LogP contribution is 2.29. The van der Waals surface area contributed by atoms with E-state index in [2.05, 4.69) is 48.4 Å². The van der Waals surface area contributed by atoms with E-state index in [1.165, 1.54) is 0 Å². The number of benzene rings is 1. The molecule has 2 atom stereocenters. The second-order valence-electron chi connectivity index (χ2n) is 7.09. The minimum Gasteiger partial charge on any atom is -0.497 e. The average molecular weight is 378 g/mol. The van der Waals surface area contributed by atoms with E-state index < -0.39 is 0 Å². The number of hydrogen-bond acceptors (Lipinski definition) is 5. The lowest BCUT2D eigenvalue weighted by Gasteiger charge is -2.37. The third-order valence-electron chi connectivity index (χ3n) is 5.04. The predicted octanol–water partition coefficient (Wildman–Crippen LogP) is 1.57. The van der Waals surface area contributed by atoms with Crippen LogP contribution in [0.1, 0.15) is 25.5 Å². The molecule has 1 heterocycles. The van der Waals surface area contributed by atoms with Gasteiger partial charge in [-0.1, -0.05) is 0 Å². The van der Waals surface area contributed by atoms with E-state index in [-0.39, 0.29) is 6.04 Å². The van der Waals surface area contributed by atoms with Crippen LogP contribution in [0.25, 0.3) is 0 Å². The van der Waals surface area contributed by atoms with Gasteiger partial charge in [-0.25, -0.2) is 0 Å². The quantitative estimate of drug-likeness (QED) is 0.556. The second-order valence-corrected chi connectivity index (χ2v) is 7.09. The molecule has 1 saturated heterocycles. The first-order chi connectivity index (χ1) is 13.0. The smallest absolute Gasteiger partial charge is 0.191 e. The summed E-state index contributed by atoms with van der Waals surface area (Å²) in [6.07, 6.45) is 0. The maximum Gasteiger partial charge on any atom is 0.191 e. The van der Waals surface area contributed by atoms with Gasteiger partial charge >= 0.3 is 0 Å². The zero-order valence-electron chi connectivity index (χ0n) is 17.6. The Balaban J connectivity index is 2.10. The van der Waals surface area contributed by atoms with Gasteiger partial charge in [0.25, 0.3) is 0 Å². The van der Waals surface area contributed by atoms with Crippen LogP contribution < -0.4 is 20.1 Å². The summed E-state index contributed by atoms with van der Waals surface area (Å²) in [5.74, 6) is 2.46. The summed E-state index contributed by atoms with van der Waals surface area (Å²) in [5, 5.41) is 6.85. The van der Waals surface area contributed by atoms with E-state index in [1.807, 2.05) is 18.2 Å². The number of likely N-dealkylation sites (N-methyl/N-ethyl adjacent to an activating group) is 2. The molecule has 0 saturated carbocycles. The van der Waals surface area contributed by atoms with E-state index in [1.54, 1.807) is 14.2 Å². The lowest BCUT2D eigenvalue weighted by atomic mass is 10.1. The first-order valence-electron chi connectivity index (χ1n) is 9.64. The second kappa shape index (κ2) is 10.4. The molecule has 1 aromatic carbocycles. The first-order valence-corrected chi connectivity index (χ1v) is 9.64. The van der Waals surface area contributed by atoms with Crippen LogP contribution >= 0.6 is 0 Å². The molecule has 0 radical (unpaired) electrons. The van der Waals surface area contributed by atoms with Gasteiger partial charge in [-0.2, -0.15) is 0 Å². The van der Waals surface area contributed by atoms with Crippen LogP contribution in [0.2, 0.25) is 0 Å². The van der Waals surface area contributed by atoms with Gasteiger partial charge in [0.15, 0.2) is 5.96 Å². The molecular weight excluding hydrogens is 342 g/mol. The van der Waals surface area contributed by atoms with E-state index >= 15 is 0 Å². The molecular formula is C20H35N5O2. The van der Waals surface area contributed by atoms with Crippen molar-refractivity contribution in [2.75, 3.05) is 61.0 Å². The molecule has 0 aromatic heterocycles. The third kappa shape index (κ3) is 6.01. The van der Waals surface area contributed by atoms with E-state index in [0.29, 0.717) is 6.04 Å². The zero-order valence-corrected chi connectivity index (χ0v) is 17.6. The number of aliphatic imine (C=N–C) groups is 1. The molecule has 0 amide bonds. The topological polar surface area (TPSA) is 61.4 Å². The summed E-state index contributed by atoms with van der Waals surface area (Å²) in [7, 11) is 7.71. The number of methoxy groups -OCH3 is 2. The number of guanidine groups is 1. The van der Waals surface area contributed by atoms with Crippen molar-refractivity contribution in [3.8, 4) is 11.5 Å². The summed E-state index contributed by atoms with van der Waals surface area (Å²) in [4.78, 5) is 9.60. The molecule has 1 fully saturated rings. The van der Waals surface area contributed by atoms with Crippen LogP contribution in [-0.2, 0) is 0 Å². The van der Waals surface area contributed by atoms with Gasteiger partial charge in [0.1, 0.15) is 11.5 Å². The van der Waals surface area contributed by atoms with Crippen molar-refractivity contribution < 1.29 is 9.47 Å². The van der Waals surface area contributed by atoms with Gasteiger partial charge in [0.05, 0.1) is 26.8 Å². The minimum absolute atomic E-state index is 0.0274. The van der Waals surface area contributed by atoms with Gasteiger partial charge in [0.2, 0.25) is 0 Å². The highest BCUT2D eigenvalue weighted by molar-refractivity contribution is 5.80. The van der Waals surface area contributed by atoms with Crippen molar-refractivity contribution in [2.24, 2.45) is 4.99 Å². The highest BCUT2D eigenvalue weighted by Gasteiger charge is 2.22. The monoisotopic (exact) mass is 377 g/mol. The molecule has 152 valence electrons. The van der Waals surface area contributed by atoms with Crippen molar-refractivity contribution in [1.82, 2.24) is 20.4 Å². The van der Waals surface area contributed by atoms with E-state index in [4.69, 9.17) is 14.5 Å². The van der Waals surface area contributed by atoms with Gasteiger partial charge < -0.3 is 25.0 Å². The van der Waals surface area contributed by atoms with Crippen molar-refractivity contribution in [3.05, 3.63) is 23.8 Å². The molecule has 27 heavy (non-hydrogen) atoms. The molecule has 0 spiro atoms. The number of ether oxygens (including phenoxy) is 2. The summed E-state index contributed by atoms with van der Waals surface area (Å²) in [5.41, 5.74) is 1.04. The molecule has 0 bridgehead atoms. The van der Waals surface area contributed by atoms with Crippen LogP contribution in [0.5, 0.6) is 11.5 Å². The molecule has 0 aliphatic carbocycles. The molecule has 1 aliphatic heterocycles. The highest BCUT2D eigenvalue weighted by atomic mass is 16.5. The largest absolute Gasteiger partial charge is 0.497 e. The fourth-order valence-corrected chi connectivity index (χ4v) is 3.28. The molecule has 1 aliphatic rings.